The lowest BCUT2D eigenvalue weighted by Crippen LogP contribution is -2.11. The summed E-state index contributed by atoms with van der Waals surface area (Å²) in [7, 11) is 0. The van der Waals surface area contributed by atoms with E-state index >= 15 is 0 Å². The number of hydrogen-bond acceptors (Lipinski definition) is 6. The predicted octanol–water partition coefficient (Wildman–Crippen LogP) is 5.44. The largest absolute Gasteiger partial charge is 0.489 e. The number of halogens is 1. The number of thiophene rings is 1. The van der Waals surface area contributed by atoms with Crippen molar-refractivity contribution in [2.24, 2.45) is 0 Å². The van der Waals surface area contributed by atoms with Crippen LogP contribution in [0.3, 0.4) is 0 Å². The van der Waals surface area contributed by atoms with Crippen LogP contribution in [0.2, 0.25) is 0 Å². The second kappa shape index (κ2) is 9.57. The number of pyridine rings is 1. The molecule has 0 spiro atoms. The van der Waals surface area contributed by atoms with E-state index < -0.39 is 11.8 Å². The topological polar surface area (TPSA) is 77.5 Å². The Balaban J connectivity index is 1.46. The molecule has 2 aromatic carbocycles. The first-order valence-electron chi connectivity index (χ1n) is 9.86. The molecule has 0 saturated heterocycles. The lowest BCUT2D eigenvalue weighted by atomic mass is 10.2. The molecule has 0 bridgehead atoms. The number of carbonyl (C=O) groups is 2. The van der Waals surface area contributed by atoms with Gasteiger partial charge in [-0.1, -0.05) is 6.07 Å². The standard InChI is InChI=1S/C24H19FN2O4S/c1-2-30-24(29)21-12-26-11-20-16(14-32-22(20)21)13-31-19-5-3-4-18(10-19)27-23(28)15-6-8-17(25)9-7-15/h3-12,14H,2,13H2,1H3,(H,27,28). The minimum Gasteiger partial charge on any atom is -0.489 e. The van der Waals surface area contributed by atoms with Gasteiger partial charge in [0.2, 0.25) is 0 Å². The van der Waals surface area contributed by atoms with E-state index in [1.807, 2.05) is 5.38 Å². The molecule has 4 rings (SSSR count). The van der Waals surface area contributed by atoms with E-state index in [0.29, 0.717) is 29.2 Å². The first-order valence-corrected chi connectivity index (χ1v) is 10.7. The van der Waals surface area contributed by atoms with Crippen LogP contribution >= 0.6 is 11.3 Å². The van der Waals surface area contributed by atoms with Crippen molar-refractivity contribution in [3.05, 3.63) is 88.8 Å². The van der Waals surface area contributed by atoms with Gasteiger partial charge in [-0.2, -0.15) is 0 Å². The number of nitrogens with zero attached hydrogens (tertiary/aromatic N) is 1. The maximum absolute atomic E-state index is 13.1. The molecule has 0 saturated carbocycles. The molecule has 2 aromatic heterocycles. The summed E-state index contributed by atoms with van der Waals surface area (Å²) in [6.07, 6.45) is 3.21. The molecule has 2 heterocycles. The van der Waals surface area contributed by atoms with Gasteiger partial charge < -0.3 is 14.8 Å². The van der Waals surface area contributed by atoms with Crippen LogP contribution in [0, 0.1) is 5.82 Å². The fourth-order valence-electron chi connectivity index (χ4n) is 3.09. The molecule has 4 aromatic rings. The maximum atomic E-state index is 13.1. The fourth-order valence-corrected chi connectivity index (χ4v) is 4.12. The highest BCUT2D eigenvalue weighted by atomic mass is 32.1. The zero-order valence-corrected chi connectivity index (χ0v) is 17.9. The van der Waals surface area contributed by atoms with Gasteiger partial charge >= 0.3 is 5.97 Å². The van der Waals surface area contributed by atoms with Gasteiger partial charge in [-0.3, -0.25) is 9.78 Å². The highest BCUT2D eigenvalue weighted by Crippen LogP contribution is 2.30. The van der Waals surface area contributed by atoms with Gasteiger partial charge in [-0.15, -0.1) is 11.3 Å². The van der Waals surface area contributed by atoms with Crippen molar-refractivity contribution in [2.75, 3.05) is 11.9 Å². The van der Waals surface area contributed by atoms with Crippen molar-refractivity contribution in [2.45, 2.75) is 13.5 Å². The number of rotatable bonds is 7. The second-order valence-electron chi connectivity index (χ2n) is 6.82. The van der Waals surface area contributed by atoms with Crippen LogP contribution in [0.5, 0.6) is 5.75 Å². The number of amides is 1. The van der Waals surface area contributed by atoms with E-state index in [0.717, 1.165) is 15.6 Å². The number of carbonyl (C=O) groups excluding carboxylic acids is 2. The van der Waals surface area contributed by atoms with Gasteiger partial charge in [0.25, 0.3) is 5.91 Å². The van der Waals surface area contributed by atoms with Crippen molar-refractivity contribution in [1.82, 2.24) is 4.98 Å². The molecule has 162 valence electrons. The highest BCUT2D eigenvalue weighted by Gasteiger charge is 2.16. The van der Waals surface area contributed by atoms with Crippen LogP contribution in [0.15, 0.2) is 66.3 Å². The summed E-state index contributed by atoms with van der Waals surface area (Å²) in [6, 6.07) is 12.3. The van der Waals surface area contributed by atoms with Crippen LogP contribution in [-0.4, -0.2) is 23.5 Å². The molecule has 1 N–H and O–H groups in total. The summed E-state index contributed by atoms with van der Waals surface area (Å²) < 4.78 is 24.9. The molecule has 0 aliphatic carbocycles. The van der Waals surface area contributed by atoms with Crippen molar-refractivity contribution in [3.63, 3.8) is 0 Å². The maximum Gasteiger partial charge on any atom is 0.341 e. The van der Waals surface area contributed by atoms with Gasteiger partial charge in [0, 0.05) is 40.7 Å². The van der Waals surface area contributed by atoms with E-state index in [4.69, 9.17) is 9.47 Å². The average Bonchev–Trinajstić information content (AvgIpc) is 3.22. The molecule has 1 amide bonds. The Morgan fingerprint density at radius 1 is 1.12 bits per heavy atom. The van der Waals surface area contributed by atoms with Crippen LogP contribution in [-0.2, 0) is 11.3 Å². The number of anilines is 1. The summed E-state index contributed by atoms with van der Waals surface area (Å²) in [6.45, 7) is 2.32. The van der Waals surface area contributed by atoms with Crippen LogP contribution in [0.4, 0.5) is 10.1 Å². The smallest absolute Gasteiger partial charge is 0.341 e. The first-order chi connectivity index (χ1) is 15.5. The highest BCUT2D eigenvalue weighted by molar-refractivity contribution is 7.17. The van der Waals surface area contributed by atoms with Crippen molar-refractivity contribution >= 4 is 39.0 Å². The molecule has 32 heavy (non-hydrogen) atoms. The normalized spacial score (nSPS) is 10.7. The van der Waals surface area contributed by atoms with Gasteiger partial charge in [0.05, 0.1) is 16.9 Å². The Kier molecular flexibility index (Phi) is 6.42. The number of nitrogens with one attached hydrogen (secondary N) is 1. The number of esters is 1. The molecule has 6 nitrogen and oxygen atoms in total. The second-order valence-corrected chi connectivity index (χ2v) is 7.70. The van der Waals surface area contributed by atoms with E-state index in [-0.39, 0.29) is 12.5 Å². The van der Waals surface area contributed by atoms with Gasteiger partial charge in [-0.05, 0) is 48.7 Å². The number of hydrogen-bond donors (Lipinski definition) is 1. The Bertz CT molecular complexity index is 1270. The molecular formula is C24H19FN2O4S. The molecular weight excluding hydrogens is 431 g/mol. The van der Waals surface area contributed by atoms with E-state index in [2.05, 4.69) is 10.3 Å². The lowest BCUT2D eigenvalue weighted by Gasteiger charge is -2.09. The number of benzene rings is 2. The summed E-state index contributed by atoms with van der Waals surface area (Å²) >= 11 is 1.44. The monoisotopic (exact) mass is 450 g/mol. The molecule has 0 aliphatic rings. The molecule has 0 aliphatic heterocycles. The van der Waals surface area contributed by atoms with Crippen LogP contribution in [0.1, 0.15) is 33.2 Å². The number of ether oxygens (including phenoxy) is 2. The average molecular weight is 450 g/mol. The molecule has 0 fully saturated rings. The third kappa shape index (κ3) is 4.76. The van der Waals surface area contributed by atoms with Crippen molar-refractivity contribution < 1.29 is 23.5 Å². The molecule has 8 heteroatoms. The quantitative estimate of drug-likeness (QED) is 0.379. The zero-order chi connectivity index (χ0) is 22.5. The molecule has 0 radical (unpaired) electrons. The van der Waals surface area contributed by atoms with E-state index in [1.165, 1.54) is 41.8 Å². The molecule has 0 atom stereocenters. The summed E-state index contributed by atoms with van der Waals surface area (Å²) in [5, 5.41) is 5.53. The van der Waals surface area contributed by atoms with Gasteiger partial charge in [0.1, 0.15) is 18.2 Å². The predicted molar refractivity (Wildman–Crippen MR) is 121 cm³/mol. The molecule has 0 unspecified atom stereocenters. The van der Waals surface area contributed by atoms with E-state index in [1.54, 1.807) is 37.4 Å². The number of fused-ring (bicyclic) bond motifs is 1. The van der Waals surface area contributed by atoms with Gasteiger partial charge in [0.15, 0.2) is 0 Å². The fraction of sp³-hybridized carbons (Fsp3) is 0.125. The Morgan fingerprint density at radius 2 is 1.94 bits per heavy atom. The minimum absolute atomic E-state index is 0.267. The Morgan fingerprint density at radius 3 is 2.72 bits per heavy atom. The lowest BCUT2D eigenvalue weighted by molar-refractivity contribution is 0.0528. The zero-order valence-electron chi connectivity index (χ0n) is 17.1. The van der Waals surface area contributed by atoms with Crippen LogP contribution < -0.4 is 10.1 Å². The minimum atomic E-state index is -0.400. The van der Waals surface area contributed by atoms with Crippen molar-refractivity contribution in [1.29, 1.82) is 0 Å². The summed E-state index contributed by atoms with van der Waals surface area (Å²) in [4.78, 5) is 28.7. The third-order valence-electron chi connectivity index (χ3n) is 4.65. The first kappa shape index (κ1) is 21.5. The van der Waals surface area contributed by atoms with E-state index in [9.17, 15) is 14.0 Å². The Hall–Kier alpha value is -3.78. The SMILES string of the molecule is CCOC(=O)c1cncc2c(COc3cccc(NC(=O)c4ccc(F)cc4)c3)csc12. The number of aromatic nitrogens is 1. The van der Waals surface area contributed by atoms with Crippen molar-refractivity contribution in [3.8, 4) is 5.75 Å². The van der Waals surface area contributed by atoms with Crippen LogP contribution in [0.25, 0.3) is 10.1 Å². The summed E-state index contributed by atoms with van der Waals surface area (Å²) in [5.74, 6) is -0.577. The third-order valence-corrected chi connectivity index (χ3v) is 5.73. The van der Waals surface area contributed by atoms with Gasteiger partial charge in [-0.25, -0.2) is 9.18 Å². The Labute approximate surface area is 187 Å². The summed E-state index contributed by atoms with van der Waals surface area (Å²) in [5.41, 5.74) is 2.24.